The number of hydrogen-bond acceptors (Lipinski definition) is 3. The van der Waals surface area contributed by atoms with Gasteiger partial charge in [-0.25, -0.2) is 0 Å². The second-order valence-electron chi connectivity index (χ2n) is 6.51. The van der Waals surface area contributed by atoms with Crippen molar-refractivity contribution >= 4 is 29.9 Å². The Kier molecular flexibility index (Phi) is 5.65. The number of rotatable bonds is 5. The molecule has 0 aliphatic heterocycles. The normalized spacial score (nSPS) is 18.8. The van der Waals surface area contributed by atoms with Gasteiger partial charge in [0.2, 0.25) is 11.8 Å². The van der Waals surface area contributed by atoms with Gasteiger partial charge in [-0.05, 0) is 43.4 Å². The minimum atomic E-state index is -0.645. The second kappa shape index (κ2) is 7.32. The summed E-state index contributed by atoms with van der Waals surface area (Å²) in [5.74, 6) is 0.167. The number of benzene rings is 1. The van der Waals surface area contributed by atoms with Gasteiger partial charge in [-0.2, -0.15) is 0 Å². The number of nitrogens with one attached hydrogen (secondary N) is 2. The van der Waals surface area contributed by atoms with E-state index in [1.54, 1.807) is 0 Å². The summed E-state index contributed by atoms with van der Waals surface area (Å²) in [4.78, 5) is 24.0. The molecular weight excluding hydrogens is 314 g/mol. The first-order chi connectivity index (χ1) is 10.6. The van der Waals surface area contributed by atoms with Crippen molar-refractivity contribution in [1.82, 2.24) is 5.32 Å². The van der Waals surface area contributed by atoms with Crippen LogP contribution in [0.15, 0.2) is 24.3 Å². The fourth-order valence-corrected chi connectivity index (χ4v) is 2.91. The van der Waals surface area contributed by atoms with Crippen molar-refractivity contribution in [3.05, 3.63) is 29.8 Å². The SMILES string of the molecule is Cl.NC1(C(=O)NCc2cccc(NC(=O)C3CCCC3)c2)CC1. The van der Waals surface area contributed by atoms with Crippen LogP contribution < -0.4 is 16.4 Å². The molecule has 0 radical (unpaired) electrons. The van der Waals surface area contributed by atoms with Gasteiger partial charge in [0.1, 0.15) is 0 Å². The Morgan fingerprint density at radius 2 is 1.91 bits per heavy atom. The Bertz CT molecular complexity index is 581. The molecule has 0 saturated heterocycles. The average Bonchev–Trinajstić information content (AvgIpc) is 3.05. The second-order valence-corrected chi connectivity index (χ2v) is 6.51. The van der Waals surface area contributed by atoms with Crippen LogP contribution >= 0.6 is 12.4 Å². The lowest BCUT2D eigenvalue weighted by molar-refractivity contribution is -0.123. The van der Waals surface area contributed by atoms with Crippen LogP contribution in [-0.2, 0) is 16.1 Å². The molecule has 2 saturated carbocycles. The average molecular weight is 338 g/mol. The number of amides is 2. The Morgan fingerprint density at radius 1 is 1.22 bits per heavy atom. The molecule has 126 valence electrons. The van der Waals surface area contributed by atoms with Gasteiger partial charge in [0.25, 0.3) is 0 Å². The first-order valence-corrected chi connectivity index (χ1v) is 8.04. The molecule has 3 rings (SSSR count). The van der Waals surface area contributed by atoms with Crippen LogP contribution in [0.25, 0.3) is 0 Å². The molecular formula is C17H24ClN3O2. The van der Waals surface area contributed by atoms with E-state index in [0.29, 0.717) is 6.54 Å². The van der Waals surface area contributed by atoms with Crippen molar-refractivity contribution in [1.29, 1.82) is 0 Å². The monoisotopic (exact) mass is 337 g/mol. The van der Waals surface area contributed by atoms with Crippen molar-refractivity contribution in [2.24, 2.45) is 11.7 Å². The molecule has 2 aliphatic rings. The highest BCUT2D eigenvalue weighted by Gasteiger charge is 2.45. The molecule has 2 amide bonds. The van der Waals surface area contributed by atoms with E-state index in [2.05, 4.69) is 10.6 Å². The first-order valence-electron chi connectivity index (χ1n) is 8.04. The van der Waals surface area contributed by atoms with Crippen LogP contribution in [-0.4, -0.2) is 17.4 Å². The van der Waals surface area contributed by atoms with E-state index in [1.165, 1.54) is 0 Å². The maximum absolute atomic E-state index is 12.1. The van der Waals surface area contributed by atoms with Crippen molar-refractivity contribution < 1.29 is 9.59 Å². The van der Waals surface area contributed by atoms with Gasteiger partial charge < -0.3 is 16.4 Å². The predicted molar refractivity (Wildman–Crippen MR) is 92.3 cm³/mol. The number of carbonyl (C=O) groups is 2. The minimum absolute atomic E-state index is 0. The molecule has 6 heteroatoms. The van der Waals surface area contributed by atoms with E-state index in [0.717, 1.165) is 49.8 Å². The Labute approximate surface area is 142 Å². The zero-order valence-electron chi connectivity index (χ0n) is 13.1. The topological polar surface area (TPSA) is 84.2 Å². The van der Waals surface area contributed by atoms with Crippen LogP contribution in [0.2, 0.25) is 0 Å². The fraction of sp³-hybridized carbons (Fsp3) is 0.529. The maximum atomic E-state index is 12.1. The van der Waals surface area contributed by atoms with Gasteiger partial charge in [-0.3, -0.25) is 9.59 Å². The molecule has 0 heterocycles. The van der Waals surface area contributed by atoms with Crippen LogP contribution in [0.4, 0.5) is 5.69 Å². The lowest BCUT2D eigenvalue weighted by Crippen LogP contribution is -2.42. The summed E-state index contributed by atoms with van der Waals surface area (Å²) in [6, 6.07) is 7.61. The summed E-state index contributed by atoms with van der Waals surface area (Å²) in [5, 5.41) is 5.84. The van der Waals surface area contributed by atoms with Gasteiger partial charge in [0.05, 0.1) is 5.54 Å². The number of hydrogen-bond donors (Lipinski definition) is 3. The summed E-state index contributed by atoms with van der Waals surface area (Å²) in [7, 11) is 0. The molecule has 1 aromatic rings. The maximum Gasteiger partial charge on any atom is 0.240 e. The third kappa shape index (κ3) is 4.45. The van der Waals surface area contributed by atoms with Gasteiger partial charge in [0.15, 0.2) is 0 Å². The number of anilines is 1. The van der Waals surface area contributed by atoms with E-state index in [-0.39, 0.29) is 30.1 Å². The first kappa shape index (κ1) is 17.8. The molecule has 0 unspecified atom stereocenters. The predicted octanol–water partition coefficient (Wildman–Crippen LogP) is 2.34. The molecule has 2 aliphatic carbocycles. The summed E-state index contributed by atoms with van der Waals surface area (Å²) < 4.78 is 0. The third-order valence-electron chi connectivity index (χ3n) is 4.61. The molecule has 4 N–H and O–H groups in total. The largest absolute Gasteiger partial charge is 0.350 e. The van der Waals surface area contributed by atoms with E-state index in [9.17, 15) is 9.59 Å². The molecule has 0 spiro atoms. The zero-order valence-corrected chi connectivity index (χ0v) is 14.0. The van der Waals surface area contributed by atoms with Crippen molar-refractivity contribution in [2.75, 3.05) is 5.32 Å². The molecule has 0 aromatic heterocycles. The summed E-state index contributed by atoms with van der Waals surface area (Å²) in [6.07, 6.45) is 5.78. The lowest BCUT2D eigenvalue weighted by Gasteiger charge is -2.13. The van der Waals surface area contributed by atoms with E-state index in [1.807, 2.05) is 24.3 Å². The van der Waals surface area contributed by atoms with Crippen LogP contribution in [0.5, 0.6) is 0 Å². The molecule has 1 aromatic carbocycles. The Hall–Kier alpha value is -1.59. The molecule has 23 heavy (non-hydrogen) atoms. The van der Waals surface area contributed by atoms with Crippen LogP contribution in [0.3, 0.4) is 0 Å². The van der Waals surface area contributed by atoms with Crippen LogP contribution in [0.1, 0.15) is 44.1 Å². The molecule has 0 atom stereocenters. The van der Waals surface area contributed by atoms with E-state index in [4.69, 9.17) is 5.73 Å². The fourth-order valence-electron chi connectivity index (χ4n) is 2.91. The van der Waals surface area contributed by atoms with Gasteiger partial charge in [-0.15, -0.1) is 12.4 Å². The summed E-state index contributed by atoms with van der Waals surface area (Å²) in [5.41, 5.74) is 6.96. The van der Waals surface area contributed by atoms with Gasteiger partial charge in [0, 0.05) is 18.2 Å². The summed E-state index contributed by atoms with van der Waals surface area (Å²) in [6.45, 7) is 0.435. The number of nitrogens with two attached hydrogens (primary N) is 1. The molecule has 5 nitrogen and oxygen atoms in total. The Morgan fingerprint density at radius 3 is 2.57 bits per heavy atom. The highest BCUT2D eigenvalue weighted by atomic mass is 35.5. The third-order valence-corrected chi connectivity index (χ3v) is 4.61. The van der Waals surface area contributed by atoms with Crippen molar-refractivity contribution in [3.63, 3.8) is 0 Å². The smallest absolute Gasteiger partial charge is 0.240 e. The molecule has 2 fully saturated rings. The Balaban J connectivity index is 0.00000192. The van der Waals surface area contributed by atoms with Gasteiger partial charge in [-0.1, -0.05) is 25.0 Å². The highest BCUT2D eigenvalue weighted by Crippen LogP contribution is 2.32. The lowest BCUT2D eigenvalue weighted by atomic mass is 10.1. The van der Waals surface area contributed by atoms with E-state index >= 15 is 0 Å². The number of carbonyl (C=O) groups excluding carboxylic acids is 2. The zero-order chi connectivity index (χ0) is 15.6. The van der Waals surface area contributed by atoms with Crippen LogP contribution in [0, 0.1) is 5.92 Å². The standard InChI is InChI=1S/C17H23N3O2.ClH/c18-17(8-9-17)16(22)19-11-12-4-3-7-14(10-12)20-15(21)13-5-1-2-6-13;/h3-4,7,10,13H,1-2,5-6,8-9,11,18H2,(H,19,22)(H,20,21);1H. The quantitative estimate of drug-likeness (QED) is 0.771. The van der Waals surface area contributed by atoms with E-state index < -0.39 is 5.54 Å². The van der Waals surface area contributed by atoms with Crippen molar-refractivity contribution in [3.8, 4) is 0 Å². The molecule has 0 bridgehead atoms. The van der Waals surface area contributed by atoms with Crippen molar-refractivity contribution in [2.45, 2.75) is 50.6 Å². The number of halogens is 1. The van der Waals surface area contributed by atoms with Gasteiger partial charge >= 0.3 is 0 Å². The summed E-state index contributed by atoms with van der Waals surface area (Å²) >= 11 is 0. The highest BCUT2D eigenvalue weighted by molar-refractivity contribution is 5.92. The minimum Gasteiger partial charge on any atom is -0.350 e.